The fraction of sp³-hybridized carbons (Fsp3) is 0.250. The number of anilines is 1. The largest absolute Gasteiger partial charge is 0.305 e. The molecule has 0 saturated carbocycles. The zero-order valence-electron chi connectivity index (χ0n) is 16.4. The summed E-state index contributed by atoms with van der Waals surface area (Å²) in [5, 5.41) is 8.85. The zero-order valence-corrected chi connectivity index (χ0v) is 18.0. The topological polar surface area (TPSA) is 85.2 Å². The molecule has 0 N–H and O–H groups in total. The Kier molecular flexibility index (Phi) is 5.37. The highest BCUT2D eigenvalue weighted by Crippen LogP contribution is 2.31. The Bertz CT molecular complexity index is 1220. The summed E-state index contributed by atoms with van der Waals surface area (Å²) in [7, 11) is -1.53. The number of benzene rings is 2. The highest BCUT2D eigenvalue weighted by molar-refractivity contribution is 7.99. The first kappa shape index (κ1) is 20.5. The maximum atomic E-state index is 13.1. The molecule has 1 aromatic heterocycles. The number of thioether (sulfide) groups is 1. The van der Waals surface area contributed by atoms with Crippen LogP contribution in [0.5, 0.6) is 0 Å². The van der Waals surface area contributed by atoms with E-state index in [2.05, 4.69) is 10.2 Å². The number of hydrogen-bond acceptors (Lipinski definition) is 6. The lowest BCUT2D eigenvalue weighted by atomic mass is 10.1. The molecule has 0 radical (unpaired) electrons. The minimum Gasteiger partial charge on any atom is -0.305 e. The fourth-order valence-electron chi connectivity index (χ4n) is 3.39. The monoisotopic (exact) mass is 446 g/mol. The van der Waals surface area contributed by atoms with E-state index in [9.17, 15) is 17.6 Å². The lowest BCUT2D eigenvalue weighted by Gasteiger charge is -2.16. The molecule has 0 aliphatic carbocycles. The smallest absolute Gasteiger partial charge is 0.232 e. The third-order valence-electron chi connectivity index (χ3n) is 4.92. The number of carbonyl (C=O) groups excluding carboxylic acids is 1. The molecule has 0 bridgehead atoms. The molecule has 3 aromatic rings. The first-order valence-corrected chi connectivity index (χ1v) is 12.0. The summed E-state index contributed by atoms with van der Waals surface area (Å²) in [6.45, 7) is 0.395. The average Bonchev–Trinajstić information content (AvgIpc) is 3.30. The Balaban J connectivity index is 1.47. The Morgan fingerprint density at radius 3 is 2.60 bits per heavy atom. The molecule has 0 amide bonds. The highest BCUT2D eigenvalue weighted by Gasteiger charge is 2.26. The minimum atomic E-state index is -3.32. The lowest BCUT2D eigenvalue weighted by Crippen LogP contribution is -2.27. The van der Waals surface area contributed by atoms with Gasteiger partial charge < -0.3 is 4.57 Å². The van der Waals surface area contributed by atoms with Crippen molar-refractivity contribution in [1.29, 1.82) is 0 Å². The van der Waals surface area contributed by atoms with Crippen molar-refractivity contribution in [3.63, 3.8) is 0 Å². The number of rotatable bonds is 6. The molecule has 10 heteroatoms. The molecule has 156 valence electrons. The van der Waals surface area contributed by atoms with Crippen molar-refractivity contribution < 1.29 is 17.6 Å². The Morgan fingerprint density at radius 1 is 1.17 bits per heavy atom. The van der Waals surface area contributed by atoms with Crippen LogP contribution in [0.2, 0.25) is 0 Å². The quantitative estimate of drug-likeness (QED) is 0.428. The first-order chi connectivity index (χ1) is 14.2. The second-order valence-corrected chi connectivity index (χ2v) is 9.86. The number of halogens is 1. The highest BCUT2D eigenvalue weighted by atomic mass is 32.2. The van der Waals surface area contributed by atoms with Gasteiger partial charge in [-0.25, -0.2) is 12.8 Å². The van der Waals surface area contributed by atoms with Crippen LogP contribution >= 0.6 is 11.8 Å². The average molecular weight is 447 g/mol. The van der Waals surface area contributed by atoms with Gasteiger partial charge in [-0.2, -0.15) is 0 Å². The van der Waals surface area contributed by atoms with Crippen LogP contribution in [0.1, 0.15) is 15.9 Å². The summed E-state index contributed by atoms with van der Waals surface area (Å²) in [6, 6.07) is 11.1. The molecule has 0 saturated heterocycles. The van der Waals surface area contributed by atoms with Gasteiger partial charge in [-0.1, -0.05) is 11.8 Å². The number of aromatic nitrogens is 3. The maximum absolute atomic E-state index is 13.1. The molecule has 2 heterocycles. The molecule has 1 aliphatic rings. The van der Waals surface area contributed by atoms with E-state index in [0.717, 1.165) is 11.1 Å². The van der Waals surface area contributed by atoms with Gasteiger partial charge in [0.15, 0.2) is 16.8 Å². The number of carbonyl (C=O) groups is 1. The summed E-state index contributed by atoms with van der Waals surface area (Å²) < 4.78 is 39.9. The van der Waals surface area contributed by atoms with Crippen molar-refractivity contribution in [2.24, 2.45) is 7.05 Å². The van der Waals surface area contributed by atoms with E-state index >= 15 is 0 Å². The van der Waals surface area contributed by atoms with Crippen LogP contribution in [0.25, 0.3) is 11.4 Å². The van der Waals surface area contributed by atoms with Crippen LogP contribution in [-0.2, 0) is 23.5 Å². The van der Waals surface area contributed by atoms with Crippen LogP contribution in [0.15, 0.2) is 47.6 Å². The van der Waals surface area contributed by atoms with E-state index in [-0.39, 0.29) is 17.4 Å². The second kappa shape index (κ2) is 7.84. The number of sulfonamides is 1. The number of nitrogens with zero attached hydrogens (tertiary/aromatic N) is 4. The summed E-state index contributed by atoms with van der Waals surface area (Å²) in [4.78, 5) is 12.7. The number of Topliss-reactive ketones (excluding diaryl/α,β-unsaturated/α-hetero) is 1. The molecule has 2 aromatic carbocycles. The van der Waals surface area contributed by atoms with E-state index < -0.39 is 10.0 Å². The molecular formula is C20H19FN4O3S2. The molecular weight excluding hydrogens is 427 g/mol. The van der Waals surface area contributed by atoms with Crippen LogP contribution in [0.3, 0.4) is 0 Å². The van der Waals surface area contributed by atoms with Gasteiger partial charge in [-0.05, 0) is 54.4 Å². The van der Waals surface area contributed by atoms with Gasteiger partial charge in [0, 0.05) is 24.7 Å². The van der Waals surface area contributed by atoms with Crippen molar-refractivity contribution in [1.82, 2.24) is 14.8 Å². The lowest BCUT2D eigenvalue weighted by molar-refractivity contribution is 0.102. The molecule has 1 aliphatic heterocycles. The van der Waals surface area contributed by atoms with Crippen molar-refractivity contribution in [2.75, 3.05) is 22.9 Å². The van der Waals surface area contributed by atoms with Gasteiger partial charge in [-0.3, -0.25) is 9.10 Å². The van der Waals surface area contributed by atoms with E-state index in [1.165, 1.54) is 34.5 Å². The van der Waals surface area contributed by atoms with Gasteiger partial charge in [-0.15, -0.1) is 10.2 Å². The molecule has 30 heavy (non-hydrogen) atoms. The van der Waals surface area contributed by atoms with Crippen LogP contribution in [-0.4, -0.2) is 47.5 Å². The van der Waals surface area contributed by atoms with Gasteiger partial charge in [0.05, 0.1) is 17.7 Å². The van der Waals surface area contributed by atoms with E-state index in [1.807, 2.05) is 0 Å². The minimum absolute atomic E-state index is 0.0769. The molecule has 0 spiro atoms. The van der Waals surface area contributed by atoms with Crippen molar-refractivity contribution >= 4 is 33.3 Å². The SMILES string of the molecule is Cn1c(SCC(=O)c2ccc3c(c2)CCN3S(C)(=O)=O)nnc1-c1ccc(F)cc1. The Morgan fingerprint density at radius 2 is 1.90 bits per heavy atom. The van der Waals surface area contributed by atoms with Crippen molar-refractivity contribution in [2.45, 2.75) is 11.6 Å². The number of hydrogen-bond donors (Lipinski definition) is 0. The van der Waals surface area contributed by atoms with Crippen molar-refractivity contribution in [3.8, 4) is 11.4 Å². The third-order valence-corrected chi connectivity index (χ3v) is 7.12. The molecule has 7 nitrogen and oxygen atoms in total. The van der Waals surface area contributed by atoms with Gasteiger partial charge in [0.2, 0.25) is 10.0 Å². The van der Waals surface area contributed by atoms with E-state index in [1.54, 1.807) is 41.9 Å². The summed E-state index contributed by atoms with van der Waals surface area (Å²) in [6.07, 6.45) is 1.76. The molecule has 0 unspecified atom stereocenters. The predicted octanol–water partition coefficient (Wildman–Crippen LogP) is 2.92. The summed E-state index contributed by atoms with van der Waals surface area (Å²) in [5.41, 5.74) is 2.77. The maximum Gasteiger partial charge on any atom is 0.232 e. The second-order valence-electron chi connectivity index (χ2n) is 7.01. The first-order valence-electron chi connectivity index (χ1n) is 9.16. The Labute approximate surface area is 178 Å². The van der Waals surface area contributed by atoms with Crippen LogP contribution in [0, 0.1) is 5.82 Å². The van der Waals surface area contributed by atoms with E-state index in [0.29, 0.717) is 35.2 Å². The summed E-state index contributed by atoms with van der Waals surface area (Å²) >= 11 is 1.27. The van der Waals surface area contributed by atoms with E-state index in [4.69, 9.17) is 0 Å². The Hall–Kier alpha value is -2.72. The molecule has 0 fully saturated rings. The standard InChI is InChI=1S/C20H19FN4O3S2/c1-24-19(13-3-6-16(21)7-4-13)22-23-20(24)29-12-18(26)15-5-8-17-14(11-15)9-10-25(17)30(2,27)28/h3-8,11H,9-10,12H2,1-2H3. The van der Waals surface area contributed by atoms with Crippen LogP contribution < -0.4 is 4.31 Å². The third kappa shape index (κ3) is 3.97. The predicted molar refractivity (Wildman–Crippen MR) is 114 cm³/mol. The fourth-order valence-corrected chi connectivity index (χ4v) is 5.16. The van der Waals surface area contributed by atoms with Gasteiger partial charge >= 0.3 is 0 Å². The normalized spacial score (nSPS) is 13.5. The number of ketones is 1. The molecule has 4 rings (SSSR count). The van der Waals surface area contributed by atoms with Gasteiger partial charge in [0.25, 0.3) is 0 Å². The van der Waals surface area contributed by atoms with Crippen LogP contribution in [0.4, 0.5) is 10.1 Å². The zero-order chi connectivity index (χ0) is 21.5. The molecule has 0 atom stereocenters. The summed E-state index contributed by atoms with van der Waals surface area (Å²) in [5.74, 6) is 0.356. The van der Waals surface area contributed by atoms with Crippen molar-refractivity contribution in [3.05, 3.63) is 59.4 Å². The number of fused-ring (bicyclic) bond motifs is 1. The van der Waals surface area contributed by atoms with Gasteiger partial charge in [0.1, 0.15) is 5.82 Å².